The van der Waals surface area contributed by atoms with Crippen molar-refractivity contribution >= 4 is 33.5 Å². The Morgan fingerprint density at radius 3 is 2.41 bits per heavy atom. The molecule has 0 spiro atoms. The van der Waals surface area contributed by atoms with Crippen LogP contribution in [-0.2, 0) is 11.4 Å². The maximum Gasteiger partial charge on any atom is 0.261 e. The van der Waals surface area contributed by atoms with Gasteiger partial charge < -0.3 is 14.5 Å². The van der Waals surface area contributed by atoms with Crippen molar-refractivity contribution in [1.82, 2.24) is 14.9 Å². The zero-order valence-electron chi connectivity index (χ0n) is 23.9. The van der Waals surface area contributed by atoms with Gasteiger partial charge in [0.2, 0.25) is 0 Å². The average Bonchev–Trinajstić information content (AvgIpc) is 3.41. The molecule has 44 heavy (non-hydrogen) atoms. The fraction of sp³-hybridized carbons (Fsp3) is 0.121. The maximum absolute atomic E-state index is 13.7. The second-order valence-electron chi connectivity index (χ2n) is 9.96. The molecule has 1 amide bonds. The fourth-order valence-corrected chi connectivity index (χ4v) is 5.20. The van der Waals surface area contributed by atoms with Crippen LogP contribution in [0.4, 0.5) is 14.5 Å². The van der Waals surface area contributed by atoms with Crippen LogP contribution < -0.4 is 21.1 Å². The Balaban J connectivity index is 1.51. The molecule has 0 radical (unpaired) electrons. The summed E-state index contributed by atoms with van der Waals surface area (Å²) >= 11 is 0. The molecular weight excluding hydrogens is 570 g/mol. The van der Waals surface area contributed by atoms with Gasteiger partial charge in [-0.25, -0.2) is 13.8 Å². The molecule has 6 rings (SSSR count). The van der Waals surface area contributed by atoms with Crippen molar-refractivity contribution in [2.45, 2.75) is 6.54 Å². The molecule has 0 unspecified atom stereocenters. The summed E-state index contributed by atoms with van der Waals surface area (Å²) in [7, 11) is 4.41. The van der Waals surface area contributed by atoms with Gasteiger partial charge in [0.25, 0.3) is 11.5 Å². The van der Waals surface area contributed by atoms with E-state index in [9.17, 15) is 18.4 Å². The van der Waals surface area contributed by atoms with E-state index in [0.29, 0.717) is 55.6 Å². The van der Waals surface area contributed by atoms with E-state index < -0.39 is 11.6 Å². The number of furan rings is 1. The summed E-state index contributed by atoms with van der Waals surface area (Å²) in [5.74, 6) is -0.646. The van der Waals surface area contributed by atoms with Crippen LogP contribution in [-0.4, -0.2) is 36.7 Å². The molecule has 0 atom stereocenters. The van der Waals surface area contributed by atoms with Gasteiger partial charge in [0.05, 0.1) is 49.2 Å². The van der Waals surface area contributed by atoms with E-state index in [1.165, 1.54) is 68.6 Å². The summed E-state index contributed by atoms with van der Waals surface area (Å²) in [5, 5.41) is 3.51. The van der Waals surface area contributed by atoms with E-state index in [1.54, 1.807) is 30.3 Å². The molecule has 0 aliphatic heterocycles. The molecule has 0 bridgehead atoms. The van der Waals surface area contributed by atoms with Crippen LogP contribution in [0.3, 0.4) is 0 Å². The van der Waals surface area contributed by atoms with E-state index in [-0.39, 0.29) is 29.3 Å². The molecule has 222 valence electrons. The first-order valence-electron chi connectivity index (χ1n) is 13.5. The number of rotatable bonds is 8. The number of nitrogens with zero attached hydrogens (tertiary/aromatic N) is 2. The monoisotopic (exact) mass is 596 g/mol. The third-order valence-corrected chi connectivity index (χ3v) is 7.33. The Kier molecular flexibility index (Phi) is 7.54. The lowest BCUT2D eigenvalue weighted by Crippen LogP contribution is -2.21. The van der Waals surface area contributed by atoms with Crippen LogP contribution in [0.1, 0.15) is 15.9 Å². The summed E-state index contributed by atoms with van der Waals surface area (Å²) in [6, 6.07) is 18.5. The molecule has 2 aromatic heterocycles. The topological polar surface area (TPSA) is 108 Å². The summed E-state index contributed by atoms with van der Waals surface area (Å²) < 4.78 is 40.2. The van der Waals surface area contributed by atoms with Gasteiger partial charge >= 0.3 is 0 Å². The highest BCUT2D eigenvalue weighted by Gasteiger charge is 2.24. The van der Waals surface area contributed by atoms with Crippen LogP contribution in [0.25, 0.3) is 44.3 Å². The van der Waals surface area contributed by atoms with Gasteiger partial charge in [0.15, 0.2) is 0 Å². The number of anilines is 1. The highest BCUT2D eigenvalue weighted by molar-refractivity contribution is 6.13. The molecule has 0 aliphatic rings. The summed E-state index contributed by atoms with van der Waals surface area (Å²) in [6.45, 7) is 0.120. The molecule has 0 aliphatic carbocycles. The molecule has 2 heterocycles. The van der Waals surface area contributed by atoms with Gasteiger partial charge in [0, 0.05) is 41.3 Å². The molecule has 2 N–H and O–H groups in total. The van der Waals surface area contributed by atoms with E-state index in [4.69, 9.17) is 14.0 Å². The van der Waals surface area contributed by atoms with Crippen molar-refractivity contribution < 1.29 is 27.6 Å². The number of aromatic nitrogens is 2. The fourth-order valence-electron chi connectivity index (χ4n) is 5.20. The Bertz CT molecular complexity index is 2110. The van der Waals surface area contributed by atoms with Gasteiger partial charge in [-0.2, -0.15) is 0 Å². The Labute approximate surface area is 249 Å². The molecule has 0 saturated carbocycles. The largest absolute Gasteiger partial charge is 0.496 e. The second kappa shape index (κ2) is 11.6. The molecule has 11 heteroatoms. The van der Waals surface area contributed by atoms with Crippen LogP contribution in [0.15, 0.2) is 88.3 Å². The summed E-state index contributed by atoms with van der Waals surface area (Å²) in [4.78, 5) is 36.5. The normalized spacial score (nSPS) is 11.2. The number of hydrogen-bond acceptors (Lipinski definition) is 7. The number of amides is 1. The van der Waals surface area contributed by atoms with Crippen molar-refractivity contribution in [3.63, 3.8) is 0 Å². The third kappa shape index (κ3) is 5.13. The number of nitrogens with one attached hydrogen (secondary N) is 2. The van der Waals surface area contributed by atoms with Crippen LogP contribution >= 0.6 is 0 Å². The lowest BCUT2D eigenvalue weighted by atomic mass is 9.97. The Morgan fingerprint density at radius 1 is 0.932 bits per heavy atom. The first-order valence-corrected chi connectivity index (χ1v) is 13.5. The highest BCUT2D eigenvalue weighted by atomic mass is 19.1. The van der Waals surface area contributed by atoms with Gasteiger partial charge in [-0.15, -0.1) is 0 Å². The number of halogens is 2. The van der Waals surface area contributed by atoms with Crippen molar-refractivity contribution in [3.8, 4) is 28.2 Å². The maximum atomic E-state index is 13.7. The van der Waals surface area contributed by atoms with Gasteiger partial charge in [-0.3, -0.25) is 24.5 Å². The second-order valence-corrected chi connectivity index (χ2v) is 9.96. The Morgan fingerprint density at radius 2 is 1.68 bits per heavy atom. The van der Waals surface area contributed by atoms with Crippen molar-refractivity contribution in [3.05, 3.63) is 112 Å². The SMILES string of the molecule is CNC(=O)c1c(-c2ccc(F)cc2)oc2cc(NOC)c(-c3ccc4ncn(Cc5ccc(F)cc5OC)c(=O)c4c3)cc12. The lowest BCUT2D eigenvalue weighted by Gasteiger charge is -2.13. The number of ether oxygens (including phenoxy) is 1. The van der Waals surface area contributed by atoms with Crippen molar-refractivity contribution in [2.75, 3.05) is 26.7 Å². The lowest BCUT2D eigenvalue weighted by molar-refractivity contribution is 0.0964. The average molecular weight is 597 g/mol. The first kappa shape index (κ1) is 28.6. The molecule has 0 fully saturated rings. The summed E-state index contributed by atoms with van der Waals surface area (Å²) in [5.41, 5.74) is 6.62. The first-order chi connectivity index (χ1) is 21.3. The third-order valence-electron chi connectivity index (χ3n) is 7.33. The minimum atomic E-state index is -0.446. The minimum absolute atomic E-state index is 0.120. The van der Waals surface area contributed by atoms with Crippen LogP contribution in [0.2, 0.25) is 0 Å². The number of carbonyl (C=O) groups is 1. The zero-order valence-corrected chi connectivity index (χ0v) is 23.9. The Hall–Kier alpha value is -5.55. The smallest absolute Gasteiger partial charge is 0.261 e. The molecule has 0 saturated heterocycles. The van der Waals surface area contributed by atoms with Crippen LogP contribution in [0.5, 0.6) is 5.75 Å². The number of fused-ring (bicyclic) bond motifs is 2. The van der Waals surface area contributed by atoms with Crippen molar-refractivity contribution in [1.29, 1.82) is 0 Å². The van der Waals surface area contributed by atoms with Crippen molar-refractivity contribution in [2.24, 2.45) is 0 Å². The number of methoxy groups -OCH3 is 1. The van der Waals surface area contributed by atoms with Crippen LogP contribution in [0, 0.1) is 11.6 Å². The van der Waals surface area contributed by atoms with E-state index in [1.807, 2.05) is 6.07 Å². The number of hydrogen-bond donors (Lipinski definition) is 2. The van der Waals surface area contributed by atoms with E-state index in [0.717, 1.165) is 0 Å². The van der Waals surface area contributed by atoms with E-state index >= 15 is 0 Å². The van der Waals surface area contributed by atoms with E-state index in [2.05, 4.69) is 15.8 Å². The quantitative estimate of drug-likeness (QED) is 0.203. The van der Waals surface area contributed by atoms with Gasteiger partial charge in [-0.05, 0) is 54.1 Å². The number of carbonyl (C=O) groups excluding carboxylic acids is 1. The van der Waals surface area contributed by atoms with Gasteiger partial charge in [0.1, 0.15) is 28.7 Å². The standard InChI is InChI=1S/C33H26F2N4O5/c1-36-32(40)30-25-14-23(27(38-43-3)15-29(25)44-31(30)18-4-8-21(34)9-5-18)19-7-11-26-24(12-19)33(41)39(17-37-26)16-20-6-10-22(35)13-28(20)42-2/h4-15,17,38H,16H2,1-3H3,(H,36,40). The minimum Gasteiger partial charge on any atom is -0.496 e. The van der Waals surface area contributed by atoms with Gasteiger partial charge in [-0.1, -0.05) is 12.1 Å². The molecular formula is C33H26F2N4O5. The molecule has 6 aromatic rings. The highest BCUT2D eigenvalue weighted by Crippen LogP contribution is 2.40. The predicted octanol–water partition coefficient (Wildman–Crippen LogP) is 6.14. The zero-order chi connectivity index (χ0) is 31.0. The molecule has 4 aromatic carbocycles. The number of benzene rings is 4. The predicted molar refractivity (Wildman–Crippen MR) is 163 cm³/mol. The summed E-state index contributed by atoms with van der Waals surface area (Å²) in [6.07, 6.45) is 1.44. The molecule has 9 nitrogen and oxygen atoms in total.